The van der Waals surface area contributed by atoms with Gasteiger partial charge in [-0.2, -0.15) is 0 Å². The Balaban J connectivity index is 1.51. The minimum absolute atomic E-state index is 0.115. The number of benzene rings is 1. The van der Waals surface area contributed by atoms with Gasteiger partial charge >= 0.3 is 0 Å². The standard InChI is InChI=1S/C22H33N3O2/c23-22(11-15-27-16-12-22)20(26)24-13-14-25(17-19-7-3-1-4-8-19)21(18-24)9-5-2-6-10-21/h1,3-4,7-8H,2,5-6,9-18,23H2. The molecule has 0 atom stereocenters. The Morgan fingerprint density at radius 1 is 1.00 bits per heavy atom. The van der Waals surface area contributed by atoms with Crippen LogP contribution < -0.4 is 5.73 Å². The maximum Gasteiger partial charge on any atom is 0.242 e. The SMILES string of the molecule is NC1(C(=O)N2CCN(Cc3ccccc3)C3(CCCCC3)C2)CCOCC1. The molecule has 0 radical (unpaired) electrons. The molecule has 0 unspecified atom stereocenters. The van der Waals surface area contributed by atoms with Gasteiger partial charge in [-0.1, -0.05) is 49.6 Å². The molecule has 27 heavy (non-hydrogen) atoms. The lowest BCUT2D eigenvalue weighted by Gasteiger charge is -2.54. The highest BCUT2D eigenvalue weighted by molar-refractivity contribution is 5.86. The second-order valence-corrected chi connectivity index (χ2v) is 8.69. The lowest BCUT2D eigenvalue weighted by atomic mass is 9.77. The Hall–Kier alpha value is -1.43. The fourth-order valence-corrected chi connectivity index (χ4v) is 5.19. The van der Waals surface area contributed by atoms with Crippen LogP contribution in [0.5, 0.6) is 0 Å². The van der Waals surface area contributed by atoms with Crippen molar-refractivity contribution in [3.63, 3.8) is 0 Å². The highest BCUT2D eigenvalue weighted by Gasteiger charge is 2.47. The van der Waals surface area contributed by atoms with Crippen LogP contribution in [0.4, 0.5) is 0 Å². The minimum atomic E-state index is -0.726. The summed E-state index contributed by atoms with van der Waals surface area (Å²) in [6, 6.07) is 10.7. The molecule has 1 amide bonds. The Labute approximate surface area is 162 Å². The lowest BCUT2D eigenvalue weighted by Crippen LogP contribution is -2.67. The molecule has 4 rings (SSSR count). The molecule has 1 saturated carbocycles. The van der Waals surface area contributed by atoms with Crippen molar-refractivity contribution in [1.29, 1.82) is 0 Å². The molecule has 0 aromatic heterocycles. The summed E-state index contributed by atoms with van der Waals surface area (Å²) in [6.07, 6.45) is 7.48. The molecule has 2 aliphatic heterocycles. The van der Waals surface area contributed by atoms with Gasteiger partial charge in [0.25, 0.3) is 0 Å². The molecule has 2 N–H and O–H groups in total. The van der Waals surface area contributed by atoms with Crippen molar-refractivity contribution >= 4 is 5.91 Å². The van der Waals surface area contributed by atoms with Gasteiger partial charge in [0, 0.05) is 44.9 Å². The molecule has 3 aliphatic rings. The van der Waals surface area contributed by atoms with Crippen molar-refractivity contribution in [3.05, 3.63) is 35.9 Å². The number of hydrogen-bond acceptors (Lipinski definition) is 4. The molecule has 1 aromatic rings. The summed E-state index contributed by atoms with van der Waals surface area (Å²) >= 11 is 0. The number of piperazine rings is 1. The van der Waals surface area contributed by atoms with E-state index in [1.807, 2.05) is 0 Å². The first-order valence-corrected chi connectivity index (χ1v) is 10.6. The second-order valence-electron chi connectivity index (χ2n) is 8.69. The summed E-state index contributed by atoms with van der Waals surface area (Å²) in [5, 5.41) is 0. The van der Waals surface area contributed by atoms with E-state index in [0.717, 1.165) is 26.2 Å². The topological polar surface area (TPSA) is 58.8 Å². The summed E-state index contributed by atoms with van der Waals surface area (Å²) in [6.45, 7) is 4.73. The Morgan fingerprint density at radius 2 is 1.70 bits per heavy atom. The monoisotopic (exact) mass is 371 g/mol. The van der Waals surface area contributed by atoms with Crippen LogP contribution in [0, 0.1) is 0 Å². The van der Waals surface area contributed by atoms with Crippen molar-refractivity contribution in [2.75, 3.05) is 32.8 Å². The maximum absolute atomic E-state index is 13.3. The zero-order valence-electron chi connectivity index (χ0n) is 16.4. The van der Waals surface area contributed by atoms with Crippen LogP contribution in [0.25, 0.3) is 0 Å². The first-order valence-electron chi connectivity index (χ1n) is 10.6. The molecule has 2 heterocycles. The van der Waals surface area contributed by atoms with Gasteiger partial charge in [-0.25, -0.2) is 0 Å². The molecule has 1 aromatic carbocycles. The number of ether oxygens (including phenoxy) is 1. The van der Waals surface area contributed by atoms with E-state index in [1.165, 1.54) is 37.7 Å². The molecular formula is C22H33N3O2. The second kappa shape index (κ2) is 7.90. The van der Waals surface area contributed by atoms with Crippen LogP contribution in [-0.2, 0) is 16.1 Å². The summed E-state index contributed by atoms with van der Waals surface area (Å²) < 4.78 is 5.44. The van der Waals surface area contributed by atoms with Gasteiger partial charge in [0.15, 0.2) is 0 Å². The summed E-state index contributed by atoms with van der Waals surface area (Å²) in [5.41, 5.74) is 7.28. The Bertz CT molecular complexity index is 636. The largest absolute Gasteiger partial charge is 0.381 e. The smallest absolute Gasteiger partial charge is 0.242 e. The normalized spacial score (nSPS) is 25.4. The highest BCUT2D eigenvalue weighted by Crippen LogP contribution is 2.38. The van der Waals surface area contributed by atoms with Gasteiger partial charge in [-0.3, -0.25) is 9.69 Å². The van der Waals surface area contributed by atoms with Crippen LogP contribution in [0.1, 0.15) is 50.5 Å². The number of nitrogens with zero attached hydrogens (tertiary/aromatic N) is 2. The zero-order chi connectivity index (χ0) is 18.7. The van der Waals surface area contributed by atoms with Crippen molar-refractivity contribution in [2.24, 2.45) is 5.73 Å². The van der Waals surface area contributed by atoms with Gasteiger partial charge in [0.1, 0.15) is 0 Å². The number of nitrogens with two attached hydrogens (primary N) is 1. The van der Waals surface area contributed by atoms with E-state index >= 15 is 0 Å². The number of rotatable bonds is 3. The van der Waals surface area contributed by atoms with Crippen molar-refractivity contribution in [2.45, 2.75) is 62.6 Å². The Kier molecular flexibility index (Phi) is 5.53. The third-order valence-electron chi connectivity index (χ3n) is 6.89. The summed E-state index contributed by atoms with van der Waals surface area (Å²) in [4.78, 5) is 18.0. The molecule has 2 saturated heterocycles. The van der Waals surface area contributed by atoms with E-state index in [-0.39, 0.29) is 11.4 Å². The molecular weight excluding hydrogens is 338 g/mol. The quantitative estimate of drug-likeness (QED) is 0.887. The fourth-order valence-electron chi connectivity index (χ4n) is 5.19. The molecule has 3 fully saturated rings. The van der Waals surface area contributed by atoms with Gasteiger partial charge in [-0.15, -0.1) is 0 Å². The molecule has 1 spiro atoms. The first kappa shape index (κ1) is 18.9. The fraction of sp³-hybridized carbons (Fsp3) is 0.682. The maximum atomic E-state index is 13.3. The highest BCUT2D eigenvalue weighted by atomic mass is 16.5. The molecule has 5 nitrogen and oxygen atoms in total. The van der Waals surface area contributed by atoms with E-state index < -0.39 is 5.54 Å². The predicted molar refractivity (Wildman–Crippen MR) is 106 cm³/mol. The number of hydrogen-bond donors (Lipinski definition) is 1. The van der Waals surface area contributed by atoms with Crippen LogP contribution in [0.2, 0.25) is 0 Å². The van der Waals surface area contributed by atoms with E-state index in [1.54, 1.807) is 0 Å². The van der Waals surface area contributed by atoms with E-state index in [0.29, 0.717) is 26.1 Å². The van der Waals surface area contributed by atoms with Crippen molar-refractivity contribution in [1.82, 2.24) is 9.80 Å². The number of carbonyl (C=O) groups excluding carboxylic acids is 1. The molecule has 148 valence electrons. The van der Waals surface area contributed by atoms with Gasteiger partial charge in [0.2, 0.25) is 5.91 Å². The lowest BCUT2D eigenvalue weighted by molar-refractivity contribution is -0.148. The van der Waals surface area contributed by atoms with E-state index in [2.05, 4.69) is 40.1 Å². The molecule has 5 heteroatoms. The first-order chi connectivity index (χ1) is 13.1. The Morgan fingerprint density at radius 3 is 2.41 bits per heavy atom. The van der Waals surface area contributed by atoms with Crippen LogP contribution in [0.15, 0.2) is 30.3 Å². The average Bonchev–Trinajstić information content (AvgIpc) is 2.71. The van der Waals surface area contributed by atoms with Crippen LogP contribution in [-0.4, -0.2) is 59.6 Å². The molecule has 0 bridgehead atoms. The minimum Gasteiger partial charge on any atom is -0.381 e. The summed E-state index contributed by atoms with van der Waals surface area (Å²) in [7, 11) is 0. The van der Waals surface area contributed by atoms with E-state index in [9.17, 15) is 4.79 Å². The average molecular weight is 372 g/mol. The van der Waals surface area contributed by atoms with Gasteiger partial charge in [0.05, 0.1) is 5.54 Å². The molecule has 1 aliphatic carbocycles. The third-order valence-corrected chi connectivity index (χ3v) is 6.89. The van der Waals surface area contributed by atoms with Gasteiger partial charge in [-0.05, 0) is 31.2 Å². The van der Waals surface area contributed by atoms with E-state index in [4.69, 9.17) is 10.5 Å². The summed E-state index contributed by atoms with van der Waals surface area (Å²) in [5.74, 6) is 0.148. The van der Waals surface area contributed by atoms with Crippen LogP contribution >= 0.6 is 0 Å². The van der Waals surface area contributed by atoms with Crippen molar-refractivity contribution in [3.8, 4) is 0 Å². The van der Waals surface area contributed by atoms with Crippen molar-refractivity contribution < 1.29 is 9.53 Å². The van der Waals surface area contributed by atoms with Gasteiger partial charge < -0.3 is 15.4 Å². The number of amides is 1. The third kappa shape index (κ3) is 3.91. The van der Waals surface area contributed by atoms with Crippen LogP contribution in [0.3, 0.4) is 0 Å². The number of carbonyl (C=O) groups is 1. The predicted octanol–water partition coefficient (Wildman–Crippen LogP) is 2.54. The zero-order valence-corrected chi connectivity index (χ0v) is 16.4.